The summed E-state index contributed by atoms with van der Waals surface area (Å²) in [5.41, 5.74) is 0. The van der Waals surface area contributed by atoms with Gasteiger partial charge in [0.2, 0.25) is 21.8 Å². The highest BCUT2D eigenvalue weighted by Gasteiger charge is 2.32. The summed E-state index contributed by atoms with van der Waals surface area (Å²) >= 11 is 0. The van der Waals surface area contributed by atoms with Gasteiger partial charge in [-0.3, -0.25) is 9.59 Å². The van der Waals surface area contributed by atoms with E-state index in [1.807, 2.05) is 0 Å². The molecule has 0 atom stereocenters. The van der Waals surface area contributed by atoms with Crippen molar-refractivity contribution in [3.63, 3.8) is 0 Å². The first kappa shape index (κ1) is 16.2. The molecule has 0 bridgehead atoms. The molecule has 0 unspecified atom stereocenters. The number of nitrogens with one attached hydrogen (secondary N) is 1. The largest absolute Gasteiger partial charge is 0.354 e. The number of piperidine rings is 1. The molecular weight excluding hydrogens is 294 g/mol. The van der Waals surface area contributed by atoms with Crippen molar-refractivity contribution >= 4 is 21.8 Å². The van der Waals surface area contributed by atoms with Crippen LogP contribution in [0.1, 0.15) is 26.2 Å². The maximum absolute atomic E-state index is 12.5. The van der Waals surface area contributed by atoms with Gasteiger partial charge in [-0.05, 0) is 19.8 Å². The van der Waals surface area contributed by atoms with Gasteiger partial charge in [-0.15, -0.1) is 0 Å². The van der Waals surface area contributed by atoms with Gasteiger partial charge in [0.25, 0.3) is 0 Å². The number of sulfonamides is 1. The molecule has 21 heavy (non-hydrogen) atoms. The van der Waals surface area contributed by atoms with Crippen molar-refractivity contribution in [3.05, 3.63) is 0 Å². The minimum atomic E-state index is -3.15. The summed E-state index contributed by atoms with van der Waals surface area (Å²) in [6.45, 7) is 3.95. The third kappa shape index (κ3) is 3.94. The summed E-state index contributed by atoms with van der Waals surface area (Å²) in [5, 5.41) is 2.75. The molecule has 7 nitrogen and oxygen atoms in total. The van der Waals surface area contributed by atoms with E-state index in [-0.39, 0.29) is 23.5 Å². The summed E-state index contributed by atoms with van der Waals surface area (Å²) in [6, 6.07) is 0. The van der Waals surface area contributed by atoms with E-state index in [4.69, 9.17) is 0 Å². The molecule has 2 saturated heterocycles. The van der Waals surface area contributed by atoms with Crippen LogP contribution < -0.4 is 5.32 Å². The molecule has 0 aliphatic carbocycles. The number of rotatable bonds is 3. The van der Waals surface area contributed by atoms with Crippen molar-refractivity contribution in [2.75, 3.05) is 38.5 Å². The number of nitrogens with zero attached hydrogens (tertiary/aromatic N) is 2. The topological polar surface area (TPSA) is 86.8 Å². The van der Waals surface area contributed by atoms with Crippen LogP contribution in [0.25, 0.3) is 0 Å². The fourth-order valence-corrected chi connectivity index (χ4v) is 3.94. The van der Waals surface area contributed by atoms with Gasteiger partial charge in [0.1, 0.15) is 0 Å². The minimum Gasteiger partial charge on any atom is -0.354 e. The Morgan fingerprint density at radius 2 is 1.90 bits per heavy atom. The van der Waals surface area contributed by atoms with Gasteiger partial charge in [0.05, 0.1) is 5.75 Å². The second-order valence-corrected chi connectivity index (χ2v) is 7.76. The number of carbonyl (C=O) groups excluding carboxylic acids is 2. The SMILES string of the molecule is CCS(=O)(=O)N1CCC(C(=O)N2CCNC(=O)CC2)CC1. The van der Waals surface area contributed by atoms with Crippen molar-refractivity contribution in [3.8, 4) is 0 Å². The summed E-state index contributed by atoms with van der Waals surface area (Å²) in [6.07, 6.45) is 1.47. The summed E-state index contributed by atoms with van der Waals surface area (Å²) < 4.78 is 25.1. The first-order chi connectivity index (χ1) is 9.94. The van der Waals surface area contributed by atoms with Crippen LogP contribution in [-0.4, -0.2) is 67.9 Å². The Kier molecular flexibility index (Phi) is 5.21. The van der Waals surface area contributed by atoms with Crippen LogP contribution in [0.15, 0.2) is 0 Å². The van der Waals surface area contributed by atoms with Crippen molar-refractivity contribution in [2.24, 2.45) is 5.92 Å². The minimum absolute atomic E-state index is 0.0193. The molecule has 120 valence electrons. The second kappa shape index (κ2) is 6.74. The lowest BCUT2D eigenvalue weighted by Crippen LogP contribution is -2.45. The van der Waals surface area contributed by atoms with Crippen LogP contribution in [-0.2, 0) is 19.6 Å². The molecule has 0 saturated carbocycles. The lowest BCUT2D eigenvalue weighted by Gasteiger charge is -2.33. The molecule has 2 fully saturated rings. The van der Waals surface area contributed by atoms with E-state index >= 15 is 0 Å². The zero-order valence-electron chi connectivity index (χ0n) is 12.4. The fourth-order valence-electron chi connectivity index (χ4n) is 2.81. The maximum atomic E-state index is 12.5. The Balaban J connectivity index is 1.89. The lowest BCUT2D eigenvalue weighted by atomic mass is 9.96. The first-order valence-electron chi connectivity index (χ1n) is 7.47. The molecular formula is C13H23N3O4S. The average Bonchev–Trinajstić information content (AvgIpc) is 2.71. The average molecular weight is 317 g/mol. The van der Waals surface area contributed by atoms with E-state index in [2.05, 4.69) is 5.32 Å². The molecule has 2 heterocycles. The van der Waals surface area contributed by atoms with Crippen molar-refractivity contribution in [1.82, 2.24) is 14.5 Å². The van der Waals surface area contributed by atoms with Gasteiger partial charge >= 0.3 is 0 Å². The molecule has 2 aliphatic rings. The van der Waals surface area contributed by atoms with Gasteiger partial charge in [0, 0.05) is 45.1 Å². The summed E-state index contributed by atoms with van der Waals surface area (Å²) in [4.78, 5) is 25.5. The third-order valence-corrected chi connectivity index (χ3v) is 6.07. The van der Waals surface area contributed by atoms with Crippen LogP contribution >= 0.6 is 0 Å². The van der Waals surface area contributed by atoms with E-state index in [1.165, 1.54) is 4.31 Å². The smallest absolute Gasteiger partial charge is 0.225 e. The Bertz CT molecular complexity index is 498. The Labute approximate surface area is 125 Å². The van der Waals surface area contributed by atoms with Crippen molar-refractivity contribution < 1.29 is 18.0 Å². The normalized spacial score (nSPS) is 22.7. The van der Waals surface area contributed by atoms with E-state index < -0.39 is 10.0 Å². The van der Waals surface area contributed by atoms with Crippen LogP contribution in [0.2, 0.25) is 0 Å². The zero-order valence-corrected chi connectivity index (χ0v) is 13.2. The van der Waals surface area contributed by atoms with Crippen LogP contribution in [0.4, 0.5) is 0 Å². The van der Waals surface area contributed by atoms with Crippen LogP contribution in [0.5, 0.6) is 0 Å². The highest BCUT2D eigenvalue weighted by atomic mass is 32.2. The van der Waals surface area contributed by atoms with Crippen LogP contribution in [0, 0.1) is 5.92 Å². The zero-order chi connectivity index (χ0) is 15.5. The highest BCUT2D eigenvalue weighted by molar-refractivity contribution is 7.89. The molecule has 1 N–H and O–H groups in total. The van der Waals surface area contributed by atoms with E-state index in [0.29, 0.717) is 52.0 Å². The monoisotopic (exact) mass is 317 g/mol. The predicted molar refractivity (Wildman–Crippen MR) is 78.0 cm³/mol. The number of hydrogen-bond donors (Lipinski definition) is 1. The maximum Gasteiger partial charge on any atom is 0.225 e. The second-order valence-electron chi connectivity index (χ2n) is 5.50. The van der Waals surface area contributed by atoms with Crippen molar-refractivity contribution in [1.29, 1.82) is 0 Å². The molecule has 2 rings (SSSR count). The summed E-state index contributed by atoms with van der Waals surface area (Å²) in [5.74, 6) is 0.0154. The first-order valence-corrected chi connectivity index (χ1v) is 9.08. The Hall–Kier alpha value is -1.15. The molecule has 0 aromatic heterocycles. The van der Waals surface area contributed by atoms with Gasteiger partial charge in [-0.1, -0.05) is 0 Å². The molecule has 0 aromatic carbocycles. The quantitative estimate of drug-likeness (QED) is 0.753. The van der Waals surface area contributed by atoms with E-state index in [9.17, 15) is 18.0 Å². The molecule has 2 amide bonds. The van der Waals surface area contributed by atoms with Crippen molar-refractivity contribution in [2.45, 2.75) is 26.2 Å². The molecule has 0 radical (unpaired) electrons. The molecule has 0 spiro atoms. The predicted octanol–water partition coefficient (Wildman–Crippen LogP) is -0.603. The fraction of sp³-hybridized carbons (Fsp3) is 0.846. The van der Waals surface area contributed by atoms with Crippen LogP contribution in [0.3, 0.4) is 0 Å². The van der Waals surface area contributed by atoms with Gasteiger partial charge in [-0.25, -0.2) is 12.7 Å². The highest BCUT2D eigenvalue weighted by Crippen LogP contribution is 2.22. The Morgan fingerprint density at radius 3 is 2.52 bits per heavy atom. The summed E-state index contributed by atoms with van der Waals surface area (Å²) in [7, 11) is -3.15. The number of carbonyl (C=O) groups is 2. The molecule has 8 heteroatoms. The van der Waals surface area contributed by atoms with E-state index in [1.54, 1.807) is 11.8 Å². The Morgan fingerprint density at radius 1 is 1.24 bits per heavy atom. The standard InChI is InChI=1S/C13H23N3O4S/c1-2-21(19,20)16-8-3-11(4-9-16)13(18)15-7-5-12(17)14-6-10-15/h11H,2-10H2,1H3,(H,14,17). The number of hydrogen-bond acceptors (Lipinski definition) is 4. The van der Waals surface area contributed by atoms with Gasteiger partial charge in [0.15, 0.2) is 0 Å². The van der Waals surface area contributed by atoms with Gasteiger partial charge < -0.3 is 10.2 Å². The van der Waals surface area contributed by atoms with E-state index in [0.717, 1.165) is 0 Å². The third-order valence-electron chi connectivity index (χ3n) is 4.19. The molecule has 2 aliphatic heterocycles. The molecule has 0 aromatic rings. The number of amides is 2. The van der Waals surface area contributed by atoms with Gasteiger partial charge in [-0.2, -0.15) is 0 Å². The lowest BCUT2D eigenvalue weighted by molar-refractivity contribution is -0.136.